The molecule has 4 rings (SSSR count). The van der Waals surface area contributed by atoms with E-state index in [9.17, 15) is 18.0 Å². The highest BCUT2D eigenvalue weighted by Gasteiger charge is 2.41. The van der Waals surface area contributed by atoms with E-state index in [0.717, 1.165) is 11.3 Å². The molecule has 8 heteroatoms. The Balaban J connectivity index is 0.000000363. The van der Waals surface area contributed by atoms with Gasteiger partial charge < -0.3 is 15.2 Å². The van der Waals surface area contributed by atoms with Crippen molar-refractivity contribution in [2.75, 3.05) is 13.1 Å². The van der Waals surface area contributed by atoms with Crippen LogP contribution in [0.4, 0.5) is 13.2 Å². The third kappa shape index (κ3) is 5.27. The van der Waals surface area contributed by atoms with Crippen molar-refractivity contribution in [3.8, 4) is 11.3 Å². The van der Waals surface area contributed by atoms with Gasteiger partial charge in [-0.15, -0.1) is 0 Å². The van der Waals surface area contributed by atoms with E-state index in [2.05, 4.69) is 4.57 Å². The summed E-state index contributed by atoms with van der Waals surface area (Å²) in [5, 5.41) is 0. The van der Waals surface area contributed by atoms with Crippen molar-refractivity contribution >= 4 is 5.91 Å². The zero-order valence-corrected chi connectivity index (χ0v) is 21.1. The molecule has 1 aromatic heterocycles. The number of carbonyl (C=O) groups excluding carboxylic acids is 1. The summed E-state index contributed by atoms with van der Waals surface area (Å²) >= 11 is 0. The minimum absolute atomic E-state index is 0.00568. The first-order valence-electron chi connectivity index (χ1n) is 11.7. The zero-order valence-electron chi connectivity index (χ0n) is 21.1. The molecule has 3 aromatic rings. The Morgan fingerprint density at radius 3 is 2.11 bits per heavy atom. The van der Waals surface area contributed by atoms with Crippen molar-refractivity contribution in [1.29, 1.82) is 0 Å². The van der Waals surface area contributed by atoms with Gasteiger partial charge in [-0.05, 0) is 57.9 Å². The Morgan fingerprint density at radius 1 is 1.06 bits per heavy atom. The number of aromatic nitrogens is 2. The minimum Gasteiger partial charge on any atom is -0.327 e. The molecule has 35 heavy (non-hydrogen) atoms. The lowest BCUT2D eigenvalue weighted by Crippen LogP contribution is -2.53. The Bertz CT molecular complexity index is 1170. The summed E-state index contributed by atoms with van der Waals surface area (Å²) in [7, 11) is 0. The van der Waals surface area contributed by atoms with Crippen molar-refractivity contribution < 1.29 is 18.0 Å². The van der Waals surface area contributed by atoms with Gasteiger partial charge in [0.05, 0.1) is 17.8 Å². The summed E-state index contributed by atoms with van der Waals surface area (Å²) in [6.45, 7) is 12.3. The molecule has 0 bridgehead atoms. The molecule has 1 amide bonds. The molecule has 2 aromatic carbocycles. The van der Waals surface area contributed by atoms with Crippen LogP contribution in [0.5, 0.6) is 0 Å². The molecule has 5 nitrogen and oxygen atoms in total. The fourth-order valence-corrected chi connectivity index (χ4v) is 4.42. The summed E-state index contributed by atoms with van der Waals surface area (Å²) in [5.74, 6) is -0.698. The van der Waals surface area contributed by atoms with E-state index >= 15 is 0 Å². The van der Waals surface area contributed by atoms with Gasteiger partial charge in [0.1, 0.15) is 23.3 Å². The summed E-state index contributed by atoms with van der Waals surface area (Å²) in [6.07, 6.45) is 0. The molecule has 0 saturated heterocycles. The van der Waals surface area contributed by atoms with Crippen LogP contribution in [0.15, 0.2) is 36.4 Å². The smallest absolute Gasteiger partial charge is 0.237 e. The van der Waals surface area contributed by atoms with E-state index in [1.165, 1.54) is 31.2 Å². The lowest BCUT2D eigenvalue weighted by atomic mass is 9.98. The van der Waals surface area contributed by atoms with Crippen molar-refractivity contribution in [3.63, 3.8) is 0 Å². The molecule has 0 aliphatic carbocycles. The molecule has 0 atom stereocenters. The number of benzene rings is 2. The van der Waals surface area contributed by atoms with Gasteiger partial charge >= 0.3 is 0 Å². The Kier molecular flexibility index (Phi) is 7.74. The first kappa shape index (κ1) is 26.5. The molecular weight excluding hydrogens is 453 g/mol. The van der Waals surface area contributed by atoms with Crippen LogP contribution in [0, 0.1) is 31.3 Å². The minimum atomic E-state index is -0.668. The van der Waals surface area contributed by atoms with Crippen LogP contribution < -0.4 is 5.73 Å². The maximum atomic E-state index is 14.2. The number of nitrogens with two attached hydrogens (primary N) is 1. The quantitative estimate of drug-likeness (QED) is 0.537. The van der Waals surface area contributed by atoms with Crippen LogP contribution in [0.25, 0.3) is 11.3 Å². The van der Waals surface area contributed by atoms with E-state index in [4.69, 9.17) is 10.7 Å². The predicted octanol–water partition coefficient (Wildman–Crippen LogP) is 5.43. The van der Waals surface area contributed by atoms with Crippen LogP contribution >= 0.6 is 0 Å². The normalized spacial score (nSPS) is 14.4. The van der Waals surface area contributed by atoms with E-state index in [0.29, 0.717) is 30.2 Å². The SMILES string of the molecule is Cc1c(F)cc(-c2nc3n(c2C(C)C)CCN(C(=O)CN)C3(C)C)cc1F.Cc1ccc(F)cc1. The fraction of sp³-hybridized carbons (Fsp3) is 0.407. The summed E-state index contributed by atoms with van der Waals surface area (Å²) in [6, 6.07) is 9.05. The van der Waals surface area contributed by atoms with Crippen molar-refractivity contribution in [3.05, 3.63) is 76.5 Å². The topological polar surface area (TPSA) is 64.2 Å². The van der Waals surface area contributed by atoms with Crippen LogP contribution in [0.1, 0.15) is 56.3 Å². The van der Waals surface area contributed by atoms with Crippen LogP contribution in [0.2, 0.25) is 0 Å². The number of aryl methyl sites for hydroxylation is 1. The lowest BCUT2D eigenvalue weighted by molar-refractivity contribution is -0.137. The number of halogens is 3. The molecule has 1 aliphatic rings. The van der Waals surface area contributed by atoms with Gasteiger partial charge in [-0.1, -0.05) is 31.5 Å². The number of hydrogen-bond donors (Lipinski definition) is 1. The number of hydrogen-bond acceptors (Lipinski definition) is 3. The van der Waals surface area contributed by atoms with E-state index in [1.807, 2.05) is 34.6 Å². The Morgan fingerprint density at radius 2 is 1.63 bits per heavy atom. The molecule has 0 spiro atoms. The number of rotatable bonds is 3. The Labute approximate surface area is 204 Å². The molecule has 2 heterocycles. The van der Waals surface area contributed by atoms with Gasteiger partial charge in [-0.2, -0.15) is 0 Å². The first-order chi connectivity index (χ1) is 16.4. The molecular formula is C27H33F3N4O. The second-order valence-corrected chi connectivity index (χ2v) is 9.64. The number of fused-ring (bicyclic) bond motifs is 1. The van der Waals surface area contributed by atoms with E-state index < -0.39 is 17.2 Å². The summed E-state index contributed by atoms with van der Waals surface area (Å²) in [5.41, 5.74) is 7.87. The summed E-state index contributed by atoms with van der Waals surface area (Å²) < 4.78 is 42.5. The second kappa shape index (κ2) is 10.2. The number of nitrogens with zero attached hydrogens (tertiary/aromatic N) is 3. The predicted molar refractivity (Wildman–Crippen MR) is 131 cm³/mol. The van der Waals surface area contributed by atoms with Crippen molar-refractivity contribution in [2.45, 2.75) is 59.5 Å². The highest BCUT2D eigenvalue weighted by Crippen LogP contribution is 2.39. The number of carbonyl (C=O) groups is 1. The molecule has 2 N–H and O–H groups in total. The van der Waals surface area contributed by atoms with Gasteiger partial charge in [-0.3, -0.25) is 4.79 Å². The van der Waals surface area contributed by atoms with Gasteiger partial charge in [0, 0.05) is 29.9 Å². The largest absolute Gasteiger partial charge is 0.327 e. The standard InChI is InChI=1S/C20H26F2N4O.C7H7F/c1-11(2)18-17(13-8-14(21)12(3)15(22)9-13)24-19-20(4,5)26(16(27)10-23)7-6-25(18)19;1-6-2-4-7(8)5-3-6/h8-9,11H,6-7,10,23H2,1-5H3;2-5H,1H3. The van der Waals surface area contributed by atoms with E-state index in [1.54, 1.807) is 17.0 Å². The van der Waals surface area contributed by atoms with Gasteiger partial charge in [0.2, 0.25) is 5.91 Å². The first-order valence-corrected chi connectivity index (χ1v) is 11.7. The monoisotopic (exact) mass is 486 g/mol. The summed E-state index contributed by atoms with van der Waals surface area (Å²) in [4.78, 5) is 18.8. The molecule has 0 unspecified atom stereocenters. The van der Waals surface area contributed by atoms with Gasteiger partial charge in [0.15, 0.2) is 0 Å². The molecule has 0 fully saturated rings. The molecule has 0 radical (unpaired) electrons. The fourth-order valence-electron chi connectivity index (χ4n) is 4.42. The highest BCUT2D eigenvalue weighted by atomic mass is 19.1. The average Bonchev–Trinajstić information content (AvgIpc) is 3.20. The molecule has 1 aliphatic heterocycles. The molecule has 0 saturated carbocycles. The third-order valence-corrected chi connectivity index (χ3v) is 6.36. The molecule has 188 valence electrons. The Hall–Kier alpha value is -3.13. The van der Waals surface area contributed by atoms with Crippen molar-refractivity contribution in [2.24, 2.45) is 5.73 Å². The second-order valence-electron chi connectivity index (χ2n) is 9.64. The average molecular weight is 487 g/mol. The van der Waals surface area contributed by atoms with Crippen LogP contribution in [-0.2, 0) is 16.9 Å². The van der Waals surface area contributed by atoms with Gasteiger partial charge in [-0.25, -0.2) is 18.2 Å². The third-order valence-electron chi connectivity index (χ3n) is 6.36. The van der Waals surface area contributed by atoms with Crippen LogP contribution in [0.3, 0.4) is 0 Å². The highest BCUT2D eigenvalue weighted by molar-refractivity contribution is 5.79. The maximum absolute atomic E-state index is 14.2. The maximum Gasteiger partial charge on any atom is 0.237 e. The lowest BCUT2D eigenvalue weighted by Gasteiger charge is -2.42. The van der Waals surface area contributed by atoms with Gasteiger partial charge in [0.25, 0.3) is 0 Å². The van der Waals surface area contributed by atoms with Crippen molar-refractivity contribution in [1.82, 2.24) is 14.5 Å². The number of amides is 1. The van der Waals surface area contributed by atoms with E-state index in [-0.39, 0.29) is 29.8 Å². The number of imidazole rings is 1. The zero-order chi connectivity index (χ0) is 26.1. The van der Waals surface area contributed by atoms with Crippen LogP contribution in [-0.4, -0.2) is 33.4 Å².